The fraction of sp³-hybridized carbons (Fsp3) is 0.562. The zero-order valence-electron chi connectivity index (χ0n) is 26.3. The largest absolute Gasteiger partial charge is 0.508 e. The molecule has 0 amide bonds. The van der Waals surface area contributed by atoms with E-state index >= 15 is 0 Å². The number of ether oxygens (including phenoxy) is 5. The first-order valence-electron chi connectivity index (χ1n) is 14.1. The third kappa shape index (κ3) is 25.3. The number of halogens is 1. The Labute approximate surface area is 260 Å². The zero-order valence-corrected chi connectivity index (χ0v) is 27.0. The quantitative estimate of drug-likeness (QED) is 0.156. The molecule has 244 valence electrons. The van der Waals surface area contributed by atoms with Crippen LogP contribution in [0.25, 0.3) is 0 Å². The van der Waals surface area contributed by atoms with E-state index in [0.29, 0.717) is 38.9 Å². The van der Waals surface area contributed by atoms with E-state index in [1.165, 1.54) is 0 Å². The number of carbonyl (C=O) groups excluding carboxylic acids is 2. The van der Waals surface area contributed by atoms with Gasteiger partial charge in [-0.25, -0.2) is 0 Å². The van der Waals surface area contributed by atoms with Crippen molar-refractivity contribution < 1.29 is 48.6 Å². The molecule has 0 bridgehead atoms. The summed E-state index contributed by atoms with van der Waals surface area (Å²) in [5, 5.41) is 25.7. The zero-order chi connectivity index (χ0) is 32.7. The van der Waals surface area contributed by atoms with E-state index in [9.17, 15) is 9.59 Å². The van der Waals surface area contributed by atoms with E-state index in [4.69, 9.17) is 50.6 Å². The van der Waals surface area contributed by atoms with Gasteiger partial charge in [0.1, 0.15) is 29.3 Å². The number of aliphatic hydroxyl groups is 2. The van der Waals surface area contributed by atoms with E-state index in [2.05, 4.69) is 0 Å². The standard InChI is InChI=1S/C16H24O5.C12H16O3.C4H9ClO2/c1-16(2,3)21-15(18)12-13-4-6-14(7-5-13)20-11-10-19-9-8-17;1-12(2,3)15-11(14)8-9-4-6-10(13)7-5-9;5-1-3-7-4-2-6/h4-7,17H,8-12H2,1-3H3;4-7,13H,8H2,1-3H3;6H,1-4H2. The fourth-order valence-corrected chi connectivity index (χ4v) is 3.12. The van der Waals surface area contributed by atoms with Gasteiger partial charge >= 0.3 is 11.9 Å². The molecule has 0 fully saturated rings. The smallest absolute Gasteiger partial charge is 0.310 e. The van der Waals surface area contributed by atoms with Crippen LogP contribution in [0.1, 0.15) is 52.7 Å². The first-order valence-corrected chi connectivity index (χ1v) is 14.6. The maximum absolute atomic E-state index is 11.7. The molecule has 0 saturated heterocycles. The van der Waals surface area contributed by atoms with Gasteiger partial charge in [-0.1, -0.05) is 24.3 Å². The van der Waals surface area contributed by atoms with Gasteiger partial charge in [-0.15, -0.1) is 11.6 Å². The Kier molecular flexibility index (Phi) is 21.1. The number of carbonyl (C=O) groups is 2. The minimum Gasteiger partial charge on any atom is -0.508 e. The van der Waals surface area contributed by atoms with Gasteiger partial charge in [0.25, 0.3) is 0 Å². The van der Waals surface area contributed by atoms with Crippen LogP contribution in [0.5, 0.6) is 11.5 Å². The second kappa shape index (κ2) is 22.6. The van der Waals surface area contributed by atoms with Crippen molar-refractivity contribution in [3.63, 3.8) is 0 Å². The molecule has 0 aromatic heterocycles. The van der Waals surface area contributed by atoms with Gasteiger partial charge in [-0.2, -0.15) is 0 Å². The molecule has 0 atom stereocenters. The first-order chi connectivity index (χ1) is 20.2. The Bertz CT molecular complexity index is 993. The molecule has 0 aliphatic rings. The summed E-state index contributed by atoms with van der Waals surface area (Å²) in [7, 11) is 0. The molecule has 11 heteroatoms. The minimum absolute atomic E-state index is 0.0133. The molecule has 0 aliphatic heterocycles. The molecule has 0 unspecified atom stereocenters. The van der Waals surface area contributed by atoms with Crippen LogP contribution in [0.4, 0.5) is 0 Å². The lowest BCUT2D eigenvalue weighted by Crippen LogP contribution is -2.24. The minimum atomic E-state index is -0.464. The summed E-state index contributed by atoms with van der Waals surface area (Å²) in [5.74, 6) is 0.917. The van der Waals surface area contributed by atoms with Crippen LogP contribution >= 0.6 is 11.6 Å². The molecule has 2 aromatic rings. The van der Waals surface area contributed by atoms with E-state index in [1.54, 1.807) is 24.3 Å². The average molecular weight is 629 g/mol. The Morgan fingerprint density at radius 1 is 0.651 bits per heavy atom. The lowest BCUT2D eigenvalue weighted by molar-refractivity contribution is -0.155. The topological polar surface area (TPSA) is 141 Å². The third-order valence-electron chi connectivity index (χ3n) is 4.59. The Morgan fingerprint density at radius 3 is 1.47 bits per heavy atom. The van der Waals surface area contributed by atoms with Gasteiger partial charge in [0, 0.05) is 5.88 Å². The van der Waals surface area contributed by atoms with Crippen LogP contribution in [0, 0.1) is 0 Å². The fourth-order valence-electron chi connectivity index (χ4n) is 3.01. The van der Waals surface area contributed by atoms with Crippen molar-refractivity contribution >= 4 is 23.5 Å². The Hall–Kier alpha value is -2.89. The summed E-state index contributed by atoms with van der Waals surface area (Å²) in [4.78, 5) is 23.1. The monoisotopic (exact) mass is 628 g/mol. The summed E-state index contributed by atoms with van der Waals surface area (Å²) in [6.45, 7) is 13.2. The van der Waals surface area contributed by atoms with Crippen molar-refractivity contribution in [3.05, 3.63) is 59.7 Å². The van der Waals surface area contributed by atoms with Crippen molar-refractivity contribution in [2.45, 2.75) is 65.6 Å². The van der Waals surface area contributed by atoms with Crippen molar-refractivity contribution in [2.24, 2.45) is 0 Å². The number of alkyl halides is 1. The van der Waals surface area contributed by atoms with E-state index in [1.807, 2.05) is 65.8 Å². The molecule has 0 saturated carbocycles. The van der Waals surface area contributed by atoms with Gasteiger partial charge in [0.15, 0.2) is 0 Å². The van der Waals surface area contributed by atoms with Gasteiger partial charge in [0.05, 0.1) is 52.5 Å². The second-order valence-corrected chi connectivity index (χ2v) is 11.4. The van der Waals surface area contributed by atoms with Crippen molar-refractivity contribution in [1.29, 1.82) is 0 Å². The van der Waals surface area contributed by atoms with Gasteiger partial charge in [0.2, 0.25) is 0 Å². The number of hydrogen-bond donors (Lipinski definition) is 3. The Morgan fingerprint density at radius 2 is 1.07 bits per heavy atom. The van der Waals surface area contributed by atoms with Crippen LogP contribution in [0.2, 0.25) is 0 Å². The lowest BCUT2D eigenvalue weighted by Gasteiger charge is -2.19. The van der Waals surface area contributed by atoms with Gasteiger partial charge < -0.3 is 39.0 Å². The molecule has 0 spiro atoms. The highest BCUT2D eigenvalue weighted by Crippen LogP contribution is 2.15. The molecule has 2 rings (SSSR count). The maximum Gasteiger partial charge on any atom is 0.310 e. The molecule has 0 radical (unpaired) electrons. The average Bonchev–Trinajstić information content (AvgIpc) is 2.90. The number of esters is 2. The number of phenols is 1. The first kappa shape index (κ1) is 40.1. The van der Waals surface area contributed by atoms with Crippen molar-refractivity contribution in [3.8, 4) is 11.5 Å². The van der Waals surface area contributed by atoms with Crippen LogP contribution in [-0.2, 0) is 41.4 Å². The van der Waals surface area contributed by atoms with Gasteiger partial charge in [-0.05, 0) is 76.9 Å². The third-order valence-corrected chi connectivity index (χ3v) is 4.74. The molecule has 10 nitrogen and oxygen atoms in total. The predicted octanol–water partition coefficient (Wildman–Crippen LogP) is 4.47. The summed E-state index contributed by atoms with van der Waals surface area (Å²) in [6, 6.07) is 13.8. The number of phenolic OH excluding ortho intramolecular Hbond substituents is 1. The molecule has 43 heavy (non-hydrogen) atoms. The summed E-state index contributed by atoms with van der Waals surface area (Å²) in [6.07, 6.45) is 0.481. The van der Waals surface area contributed by atoms with E-state index in [-0.39, 0.29) is 43.7 Å². The normalized spacial score (nSPS) is 10.9. The van der Waals surface area contributed by atoms with Gasteiger partial charge in [-0.3, -0.25) is 9.59 Å². The molecule has 0 heterocycles. The molecule has 3 N–H and O–H groups in total. The van der Waals surface area contributed by atoms with E-state index in [0.717, 1.165) is 16.9 Å². The summed E-state index contributed by atoms with van der Waals surface area (Å²) in [5.41, 5.74) is 0.804. The molecule has 2 aromatic carbocycles. The Balaban J connectivity index is 0.000000696. The van der Waals surface area contributed by atoms with Crippen LogP contribution < -0.4 is 4.74 Å². The summed E-state index contributed by atoms with van der Waals surface area (Å²) < 4.78 is 25.7. The summed E-state index contributed by atoms with van der Waals surface area (Å²) >= 11 is 5.23. The molecule has 0 aliphatic carbocycles. The second-order valence-electron chi connectivity index (χ2n) is 11.0. The van der Waals surface area contributed by atoms with Crippen molar-refractivity contribution in [1.82, 2.24) is 0 Å². The predicted molar refractivity (Wildman–Crippen MR) is 166 cm³/mol. The lowest BCUT2D eigenvalue weighted by atomic mass is 10.1. The highest BCUT2D eigenvalue weighted by Gasteiger charge is 2.17. The van der Waals surface area contributed by atoms with Crippen molar-refractivity contribution in [2.75, 3.05) is 52.1 Å². The maximum atomic E-state index is 11.7. The van der Waals surface area contributed by atoms with Crippen LogP contribution in [-0.4, -0.2) is 90.6 Å². The highest BCUT2D eigenvalue weighted by atomic mass is 35.5. The highest BCUT2D eigenvalue weighted by molar-refractivity contribution is 6.17. The number of aliphatic hydroxyl groups excluding tert-OH is 2. The number of hydrogen-bond acceptors (Lipinski definition) is 10. The van der Waals surface area contributed by atoms with E-state index < -0.39 is 11.2 Å². The van der Waals surface area contributed by atoms with Crippen LogP contribution in [0.3, 0.4) is 0 Å². The molecular weight excluding hydrogens is 580 g/mol. The number of rotatable bonds is 14. The number of aromatic hydroxyl groups is 1. The molecular formula is C32H49ClO10. The van der Waals surface area contributed by atoms with Crippen LogP contribution in [0.15, 0.2) is 48.5 Å². The number of benzene rings is 2. The SMILES string of the molecule is CC(C)(C)OC(=O)Cc1ccc(O)cc1.CC(C)(C)OC(=O)Cc1ccc(OCCOCCO)cc1.OCCOCCCl.